The molecule has 1 aliphatic carbocycles. The predicted molar refractivity (Wildman–Crippen MR) is 104 cm³/mol. The number of fused-ring (bicyclic) bond motifs is 2. The van der Waals surface area contributed by atoms with Crippen molar-refractivity contribution in [1.82, 2.24) is 9.88 Å². The molecule has 8 heteroatoms. The molecule has 3 aromatic rings. The smallest absolute Gasteiger partial charge is 0.331 e. The van der Waals surface area contributed by atoms with Crippen molar-refractivity contribution >= 4 is 22.6 Å². The van der Waals surface area contributed by atoms with E-state index >= 15 is 0 Å². The van der Waals surface area contributed by atoms with Crippen molar-refractivity contribution in [2.75, 3.05) is 5.32 Å². The molecule has 150 valence electrons. The van der Waals surface area contributed by atoms with Crippen LogP contribution in [0.1, 0.15) is 29.2 Å². The first kappa shape index (κ1) is 19.0. The van der Waals surface area contributed by atoms with Crippen LogP contribution in [0.4, 0.5) is 23.7 Å². The van der Waals surface area contributed by atoms with E-state index in [0.717, 1.165) is 12.1 Å². The molecule has 29 heavy (non-hydrogen) atoms. The van der Waals surface area contributed by atoms with Gasteiger partial charge in [0.25, 0.3) is 5.56 Å². The number of carbonyl (C=O) groups is 1. The number of amides is 2. The molecule has 1 heterocycles. The lowest BCUT2D eigenvalue weighted by Crippen LogP contribution is -2.31. The van der Waals surface area contributed by atoms with E-state index in [9.17, 15) is 22.8 Å². The van der Waals surface area contributed by atoms with E-state index in [1.165, 1.54) is 16.7 Å². The second-order valence-electron chi connectivity index (χ2n) is 7.07. The molecular weight excluding hydrogens is 383 g/mol. The summed E-state index contributed by atoms with van der Waals surface area (Å²) >= 11 is 0. The number of halogens is 3. The SMILES string of the molecule is Cn1c(=O)ccc2c(NC(=O)N[C@@H]3CCc4cc(C(F)(F)F)ccc43)cccc21. The molecule has 0 aliphatic heterocycles. The van der Waals surface area contributed by atoms with Gasteiger partial charge in [0.05, 0.1) is 22.8 Å². The minimum atomic E-state index is -4.38. The molecule has 0 fully saturated rings. The molecule has 0 bridgehead atoms. The molecule has 2 N–H and O–H groups in total. The van der Waals surface area contributed by atoms with Crippen LogP contribution in [0.3, 0.4) is 0 Å². The Morgan fingerprint density at radius 3 is 2.69 bits per heavy atom. The molecule has 2 aromatic carbocycles. The van der Waals surface area contributed by atoms with E-state index in [0.29, 0.717) is 40.6 Å². The molecule has 0 spiro atoms. The van der Waals surface area contributed by atoms with Gasteiger partial charge in [-0.05, 0) is 54.3 Å². The summed E-state index contributed by atoms with van der Waals surface area (Å²) in [5.41, 5.74) is 1.70. The standard InChI is InChI=1S/C21H18F3N3O2/c1-27-18-4-2-3-16(15(18)8-10-19(27)28)25-20(29)26-17-9-5-12-11-13(21(22,23)24)6-7-14(12)17/h2-4,6-8,10-11,17H,5,9H2,1H3,(H2,25,26,29)/t17-/m1/s1. The Kier molecular flexibility index (Phi) is 4.56. The molecule has 0 saturated carbocycles. The summed E-state index contributed by atoms with van der Waals surface area (Å²) in [5.74, 6) is 0. The summed E-state index contributed by atoms with van der Waals surface area (Å²) in [4.78, 5) is 24.3. The van der Waals surface area contributed by atoms with Crippen LogP contribution in [-0.2, 0) is 19.6 Å². The van der Waals surface area contributed by atoms with Gasteiger partial charge in [-0.2, -0.15) is 13.2 Å². The van der Waals surface area contributed by atoms with Crippen molar-refractivity contribution in [1.29, 1.82) is 0 Å². The van der Waals surface area contributed by atoms with Gasteiger partial charge in [-0.15, -0.1) is 0 Å². The number of pyridine rings is 1. The maximum atomic E-state index is 12.9. The van der Waals surface area contributed by atoms with Crippen LogP contribution in [-0.4, -0.2) is 10.6 Å². The van der Waals surface area contributed by atoms with Crippen LogP contribution < -0.4 is 16.2 Å². The molecule has 1 aliphatic rings. The van der Waals surface area contributed by atoms with Gasteiger partial charge >= 0.3 is 12.2 Å². The van der Waals surface area contributed by atoms with Gasteiger partial charge in [0.15, 0.2) is 0 Å². The number of benzene rings is 2. The quantitative estimate of drug-likeness (QED) is 0.670. The number of carbonyl (C=O) groups excluding carboxylic acids is 1. The first-order chi connectivity index (χ1) is 13.7. The highest BCUT2D eigenvalue weighted by molar-refractivity contribution is 6.00. The third-order valence-corrected chi connectivity index (χ3v) is 5.27. The number of urea groups is 1. The lowest BCUT2D eigenvalue weighted by Gasteiger charge is -2.17. The number of alkyl halides is 3. The van der Waals surface area contributed by atoms with Crippen molar-refractivity contribution in [2.45, 2.75) is 25.1 Å². The largest absolute Gasteiger partial charge is 0.416 e. The first-order valence-electron chi connectivity index (χ1n) is 9.10. The Morgan fingerprint density at radius 2 is 1.93 bits per heavy atom. The van der Waals surface area contributed by atoms with Crippen LogP contribution in [0.5, 0.6) is 0 Å². The molecule has 0 unspecified atom stereocenters. The Bertz CT molecular complexity index is 1170. The topological polar surface area (TPSA) is 63.1 Å². The zero-order valence-electron chi connectivity index (χ0n) is 15.5. The van der Waals surface area contributed by atoms with Gasteiger partial charge in [0.2, 0.25) is 0 Å². The summed E-state index contributed by atoms with van der Waals surface area (Å²) < 4.78 is 40.1. The summed E-state index contributed by atoms with van der Waals surface area (Å²) in [6.45, 7) is 0. The van der Waals surface area contributed by atoms with E-state index in [4.69, 9.17) is 0 Å². The van der Waals surface area contributed by atoms with Crippen molar-refractivity contribution < 1.29 is 18.0 Å². The van der Waals surface area contributed by atoms with Crippen LogP contribution in [0.25, 0.3) is 10.9 Å². The van der Waals surface area contributed by atoms with Crippen LogP contribution >= 0.6 is 0 Å². The van der Waals surface area contributed by atoms with E-state index in [1.807, 2.05) is 0 Å². The lowest BCUT2D eigenvalue weighted by molar-refractivity contribution is -0.137. The maximum Gasteiger partial charge on any atom is 0.416 e. The summed E-state index contributed by atoms with van der Waals surface area (Å²) in [5, 5.41) is 6.33. The first-order valence-corrected chi connectivity index (χ1v) is 9.10. The molecular formula is C21H18F3N3O2. The Balaban J connectivity index is 1.53. The van der Waals surface area contributed by atoms with Gasteiger partial charge < -0.3 is 15.2 Å². The number of aryl methyl sites for hydroxylation is 2. The molecule has 4 rings (SSSR count). The Labute approximate surface area is 164 Å². The number of hydrogen-bond acceptors (Lipinski definition) is 2. The number of rotatable bonds is 2. The number of nitrogens with zero attached hydrogens (tertiary/aromatic N) is 1. The highest BCUT2D eigenvalue weighted by Crippen LogP contribution is 2.36. The molecule has 2 amide bonds. The fourth-order valence-corrected chi connectivity index (χ4v) is 3.78. The monoisotopic (exact) mass is 401 g/mol. The number of aromatic nitrogens is 1. The van der Waals surface area contributed by atoms with Gasteiger partial charge in [-0.25, -0.2) is 4.79 Å². The average Bonchev–Trinajstić information content (AvgIpc) is 3.06. The van der Waals surface area contributed by atoms with Gasteiger partial charge in [-0.1, -0.05) is 12.1 Å². The second kappa shape index (κ2) is 6.95. The summed E-state index contributed by atoms with van der Waals surface area (Å²) in [6, 6.07) is 11.1. The van der Waals surface area contributed by atoms with E-state index < -0.39 is 17.8 Å². The summed E-state index contributed by atoms with van der Waals surface area (Å²) in [6.07, 6.45) is -3.37. The van der Waals surface area contributed by atoms with E-state index in [2.05, 4.69) is 10.6 Å². The average molecular weight is 401 g/mol. The summed E-state index contributed by atoms with van der Waals surface area (Å²) in [7, 11) is 1.65. The van der Waals surface area contributed by atoms with Crippen molar-refractivity contribution in [3.8, 4) is 0 Å². The number of nitrogens with one attached hydrogen (secondary N) is 2. The highest BCUT2D eigenvalue weighted by Gasteiger charge is 2.33. The van der Waals surface area contributed by atoms with Crippen molar-refractivity contribution in [3.63, 3.8) is 0 Å². The van der Waals surface area contributed by atoms with E-state index in [-0.39, 0.29) is 11.6 Å². The number of hydrogen-bond donors (Lipinski definition) is 2. The molecule has 0 saturated heterocycles. The predicted octanol–water partition coefficient (Wildman–Crippen LogP) is 4.37. The maximum absolute atomic E-state index is 12.9. The van der Waals surface area contributed by atoms with Crippen molar-refractivity contribution in [3.05, 3.63) is 75.6 Å². The molecule has 1 aromatic heterocycles. The Morgan fingerprint density at radius 1 is 1.14 bits per heavy atom. The lowest BCUT2D eigenvalue weighted by atomic mass is 10.0. The number of anilines is 1. The molecule has 1 atom stereocenters. The van der Waals surface area contributed by atoms with Crippen LogP contribution in [0.2, 0.25) is 0 Å². The second-order valence-corrected chi connectivity index (χ2v) is 7.07. The fourth-order valence-electron chi connectivity index (χ4n) is 3.78. The van der Waals surface area contributed by atoms with Gasteiger partial charge in [-0.3, -0.25) is 4.79 Å². The fraction of sp³-hybridized carbons (Fsp3) is 0.238. The molecule has 0 radical (unpaired) electrons. The van der Waals surface area contributed by atoms with Gasteiger partial charge in [0.1, 0.15) is 0 Å². The van der Waals surface area contributed by atoms with Gasteiger partial charge in [0, 0.05) is 18.5 Å². The van der Waals surface area contributed by atoms with E-state index in [1.54, 1.807) is 31.3 Å². The normalized spacial score (nSPS) is 15.9. The van der Waals surface area contributed by atoms with Crippen LogP contribution in [0, 0.1) is 0 Å². The minimum Gasteiger partial charge on any atom is -0.331 e. The highest BCUT2D eigenvalue weighted by atomic mass is 19.4. The molecule has 5 nitrogen and oxygen atoms in total. The zero-order chi connectivity index (χ0) is 20.8. The van der Waals surface area contributed by atoms with Crippen LogP contribution in [0.15, 0.2) is 53.3 Å². The van der Waals surface area contributed by atoms with Crippen molar-refractivity contribution in [2.24, 2.45) is 7.05 Å². The zero-order valence-corrected chi connectivity index (χ0v) is 15.5. The minimum absolute atomic E-state index is 0.153. The third-order valence-electron chi connectivity index (χ3n) is 5.27. The Hall–Kier alpha value is -3.29. The third kappa shape index (κ3) is 3.57.